The fourth-order valence-corrected chi connectivity index (χ4v) is 2.44. The van der Waals surface area contributed by atoms with E-state index in [1.165, 1.54) is 5.56 Å². The van der Waals surface area contributed by atoms with Gasteiger partial charge in [0.2, 0.25) is 0 Å². The number of hydrazone groups is 1. The topological polar surface area (TPSA) is 62.2 Å². The van der Waals surface area contributed by atoms with Gasteiger partial charge in [0.15, 0.2) is 0 Å². The fraction of sp³-hybridized carbons (Fsp3) is 0.158. The number of nitrogens with zero attached hydrogens (tertiary/aromatic N) is 2. The van der Waals surface area contributed by atoms with Crippen LogP contribution in [0.4, 0.5) is 5.69 Å². The zero-order valence-corrected chi connectivity index (χ0v) is 14.0. The van der Waals surface area contributed by atoms with Crippen LogP contribution < -0.4 is 11.0 Å². The molecule has 3 rings (SSSR count). The lowest BCUT2D eigenvalue weighted by Gasteiger charge is -2.05. The molecule has 0 unspecified atom stereocenters. The molecule has 0 aliphatic heterocycles. The first-order valence-electron chi connectivity index (χ1n) is 7.79. The summed E-state index contributed by atoms with van der Waals surface area (Å²) in [4.78, 5) is 12.6. The van der Waals surface area contributed by atoms with Crippen LogP contribution in [0.25, 0.3) is 5.69 Å². The van der Waals surface area contributed by atoms with Crippen molar-refractivity contribution in [3.05, 3.63) is 81.3 Å². The highest BCUT2D eigenvalue weighted by Gasteiger charge is 2.11. The number of H-pyrrole nitrogens is 1. The molecule has 0 radical (unpaired) electrons. The number of hydrogen-bond acceptors (Lipinski definition) is 3. The number of aryl methyl sites for hydroxylation is 3. The van der Waals surface area contributed by atoms with E-state index in [-0.39, 0.29) is 5.56 Å². The molecule has 24 heavy (non-hydrogen) atoms. The maximum atomic E-state index is 12.6. The molecule has 0 aliphatic rings. The molecule has 0 atom stereocenters. The van der Waals surface area contributed by atoms with Gasteiger partial charge in [-0.25, -0.2) is 4.68 Å². The number of hydrogen-bond donors (Lipinski definition) is 2. The summed E-state index contributed by atoms with van der Waals surface area (Å²) in [6.45, 7) is 5.95. The van der Waals surface area contributed by atoms with Crippen LogP contribution in [0.3, 0.4) is 0 Å². The van der Waals surface area contributed by atoms with Gasteiger partial charge in [0.05, 0.1) is 23.2 Å². The molecule has 1 aromatic heterocycles. The largest absolute Gasteiger partial charge is 0.295 e. The quantitative estimate of drug-likeness (QED) is 0.570. The molecule has 0 spiro atoms. The SMILES string of the molecule is Cc1ccc(-n2[nH]c(C)c(C=NNc3ccccc3)c2=O)cc1C. The van der Waals surface area contributed by atoms with Crippen LogP contribution in [0.5, 0.6) is 0 Å². The zero-order valence-electron chi connectivity index (χ0n) is 14.0. The van der Waals surface area contributed by atoms with Crippen molar-refractivity contribution in [2.75, 3.05) is 5.43 Å². The van der Waals surface area contributed by atoms with Gasteiger partial charge in [-0.3, -0.25) is 15.3 Å². The molecular weight excluding hydrogens is 300 g/mol. The minimum atomic E-state index is -0.116. The lowest BCUT2D eigenvalue weighted by Crippen LogP contribution is -2.17. The average Bonchev–Trinajstić information content (AvgIpc) is 2.86. The van der Waals surface area contributed by atoms with Crippen molar-refractivity contribution in [3.8, 4) is 5.69 Å². The minimum Gasteiger partial charge on any atom is -0.295 e. The van der Waals surface area contributed by atoms with Crippen molar-refractivity contribution >= 4 is 11.9 Å². The van der Waals surface area contributed by atoms with Crippen molar-refractivity contribution < 1.29 is 0 Å². The molecule has 0 bridgehead atoms. The van der Waals surface area contributed by atoms with Crippen LogP contribution in [0, 0.1) is 20.8 Å². The fourth-order valence-electron chi connectivity index (χ4n) is 2.44. The van der Waals surface area contributed by atoms with Crippen LogP contribution >= 0.6 is 0 Å². The van der Waals surface area contributed by atoms with E-state index in [0.717, 1.165) is 22.6 Å². The molecule has 122 valence electrons. The second kappa shape index (κ2) is 6.58. The summed E-state index contributed by atoms with van der Waals surface area (Å²) in [7, 11) is 0. The first kappa shape index (κ1) is 15.8. The molecule has 2 aromatic carbocycles. The van der Waals surface area contributed by atoms with Gasteiger partial charge < -0.3 is 0 Å². The predicted molar refractivity (Wildman–Crippen MR) is 98.3 cm³/mol. The summed E-state index contributed by atoms with van der Waals surface area (Å²) in [6, 6.07) is 15.5. The molecule has 5 heteroatoms. The summed E-state index contributed by atoms with van der Waals surface area (Å²) in [5.41, 5.74) is 8.15. The number of benzene rings is 2. The monoisotopic (exact) mass is 320 g/mol. The highest BCUT2D eigenvalue weighted by molar-refractivity contribution is 5.81. The Kier molecular flexibility index (Phi) is 4.33. The van der Waals surface area contributed by atoms with E-state index < -0.39 is 0 Å². The van der Waals surface area contributed by atoms with Crippen molar-refractivity contribution in [3.63, 3.8) is 0 Å². The molecule has 0 saturated carbocycles. The molecule has 0 amide bonds. The number of aromatic nitrogens is 2. The predicted octanol–water partition coefficient (Wildman–Crippen LogP) is 3.54. The summed E-state index contributed by atoms with van der Waals surface area (Å²) >= 11 is 0. The summed E-state index contributed by atoms with van der Waals surface area (Å²) in [5.74, 6) is 0. The standard InChI is InChI=1S/C19H20N4O/c1-13-9-10-17(11-14(13)2)23-19(24)18(15(3)22-23)12-20-21-16-7-5-4-6-8-16/h4-12,21-22H,1-3H3. The van der Waals surface area contributed by atoms with Crippen LogP contribution in [-0.4, -0.2) is 16.0 Å². The van der Waals surface area contributed by atoms with E-state index in [9.17, 15) is 4.79 Å². The Labute approximate surface area is 140 Å². The van der Waals surface area contributed by atoms with Gasteiger partial charge in [0.25, 0.3) is 5.56 Å². The molecule has 5 nitrogen and oxygen atoms in total. The van der Waals surface area contributed by atoms with Gasteiger partial charge in [0, 0.05) is 5.69 Å². The molecule has 0 saturated heterocycles. The van der Waals surface area contributed by atoms with Crippen LogP contribution in [0.15, 0.2) is 58.4 Å². The summed E-state index contributed by atoms with van der Waals surface area (Å²) in [6.07, 6.45) is 1.55. The summed E-state index contributed by atoms with van der Waals surface area (Å²) in [5, 5.41) is 7.27. The Morgan fingerprint density at radius 3 is 2.50 bits per heavy atom. The maximum Gasteiger partial charge on any atom is 0.280 e. The number of para-hydroxylation sites is 1. The Morgan fingerprint density at radius 2 is 1.79 bits per heavy atom. The maximum absolute atomic E-state index is 12.6. The second-order valence-corrected chi connectivity index (χ2v) is 5.80. The van der Waals surface area contributed by atoms with E-state index in [0.29, 0.717) is 5.56 Å². The highest BCUT2D eigenvalue weighted by Crippen LogP contribution is 2.13. The molecule has 0 aliphatic carbocycles. The van der Waals surface area contributed by atoms with Gasteiger partial charge in [-0.1, -0.05) is 24.3 Å². The molecule has 1 heterocycles. The van der Waals surface area contributed by atoms with Crippen molar-refractivity contribution in [2.45, 2.75) is 20.8 Å². The van der Waals surface area contributed by atoms with E-state index in [2.05, 4.69) is 22.5 Å². The van der Waals surface area contributed by atoms with Crippen LogP contribution in [0.2, 0.25) is 0 Å². The van der Waals surface area contributed by atoms with E-state index >= 15 is 0 Å². The van der Waals surface area contributed by atoms with Gasteiger partial charge >= 0.3 is 0 Å². The number of nitrogens with one attached hydrogen (secondary N) is 2. The summed E-state index contributed by atoms with van der Waals surface area (Å²) < 4.78 is 1.55. The Morgan fingerprint density at radius 1 is 1.04 bits per heavy atom. The third-order valence-electron chi connectivity index (χ3n) is 4.03. The normalized spacial score (nSPS) is 11.1. The Balaban J connectivity index is 1.89. The lowest BCUT2D eigenvalue weighted by molar-refractivity contribution is 0.833. The zero-order chi connectivity index (χ0) is 17.1. The van der Waals surface area contributed by atoms with Crippen molar-refractivity contribution in [1.29, 1.82) is 0 Å². The Hall–Kier alpha value is -3.08. The smallest absolute Gasteiger partial charge is 0.280 e. The highest BCUT2D eigenvalue weighted by atomic mass is 16.1. The van der Waals surface area contributed by atoms with Gasteiger partial charge in [0.1, 0.15) is 0 Å². The van der Waals surface area contributed by atoms with Gasteiger partial charge in [-0.2, -0.15) is 5.10 Å². The second-order valence-electron chi connectivity index (χ2n) is 5.80. The first-order valence-corrected chi connectivity index (χ1v) is 7.79. The third-order valence-corrected chi connectivity index (χ3v) is 4.03. The van der Waals surface area contributed by atoms with E-state index in [1.54, 1.807) is 10.9 Å². The van der Waals surface area contributed by atoms with Crippen molar-refractivity contribution in [2.24, 2.45) is 5.10 Å². The molecule has 0 fully saturated rings. The van der Waals surface area contributed by atoms with Gasteiger partial charge in [-0.05, 0) is 56.2 Å². The van der Waals surface area contributed by atoms with Crippen LogP contribution in [0.1, 0.15) is 22.4 Å². The third kappa shape index (κ3) is 3.15. The minimum absolute atomic E-state index is 0.116. The lowest BCUT2D eigenvalue weighted by atomic mass is 10.1. The molecular formula is C19H20N4O. The van der Waals surface area contributed by atoms with E-state index in [4.69, 9.17) is 0 Å². The first-order chi connectivity index (χ1) is 11.6. The van der Waals surface area contributed by atoms with Crippen molar-refractivity contribution in [1.82, 2.24) is 9.78 Å². The van der Waals surface area contributed by atoms with Crippen LogP contribution in [-0.2, 0) is 0 Å². The number of aromatic amines is 1. The molecule has 3 aromatic rings. The number of anilines is 1. The average molecular weight is 320 g/mol. The van der Waals surface area contributed by atoms with E-state index in [1.807, 2.05) is 62.4 Å². The molecule has 2 N–H and O–H groups in total. The van der Waals surface area contributed by atoms with Gasteiger partial charge in [-0.15, -0.1) is 0 Å². The Bertz CT molecular complexity index is 936. The number of rotatable bonds is 4.